The van der Waals surface area contributed by atoms with Gasteiger partial charge in [0.1, 0.15) is 11.9 Å². The van der Waals surface area contributed by atoms with Gasteiger partial charge in [-0.25, -0.2) is 9.18 Å². The molecular weight excluding hydrogens is 335 g/mol. The molecular formula is C20H19FN2O3. The lowest BCUT2D eigenvalue weighted by atomic mass is 10.0. The van der Waals surface area contributed by atoms with Crippen molar-refractivity contribution in [3.8, 4) is 0 Å². The molecule has 0 unspecified atom stereocenters. The number of anilines is 1. The highest BCUT2D eigenvalue weighted by Gasteiger charge is 2.44. The Labute approximate surface area is 151 Å². The molecule has 134 valence electrons. The zero-order valence-corrected chi connectivity index (χ0v) is 14.8. The molecule has 1 heterocycles. The first-order valence-electron chi connectivity index (χ1n) is 8.30. The van der Waals surface area contributed by atoms with E-state index in [-0.39, 0.29) is 12.3 Å². The molecule has 5 nitrogen and oxygen atoms in total. The predicted molar refractivity (Wildman–Crippen MR) is 95.7 cm³/mol. The van der Waals surface area contributed by atoms with Crippen LogP contribution in [0.4, 0.5) is 14.9 Å². The fraction of sp³-hybridized carbons (Fsp3) is 0.250. The van der Waals surface area contributed by atoms with Gasteiger partial charge in [0.15, 0.2) is 5.78 Å². The lowest BCUT2D eigenvalue weighted by Gasteiger charge is -2.19. The minimum Gasteiger partial charge on any atom is -0.292 e. The maximum absolute atomic E-state index is 13.1. The number of carbonyl (C=O) groups is 3. The van der Waals surface area contributed by atoms with E-state index in [1.165, 1.54) is 29.2 Å². The van der Waals surface area contributed by atoms with Crippen LogP contribution in [0, 0.1) is 19.7 Å². The van der Waals surface area contributed by atoms with Crippen molar-refractivity contribution in [2.24, 2.45) is 0 Å². The summed E-state index contributed by atoms with van der Waals surface area (Å²) in [5.41, 5.74) is 2.90. The minimum atomic E-state index is -0.750. The van der Waals surface area contributed by atoms with Gasteiger partial charge >= 0.3 is 6.03 Å². The molecule has 1 saturated heterocycles. The summed E-state index contributed by atoms with van der Waals surface area (Å²) in [6, 6.07) is 9.28. The third kappa shape index (κ3) is 3.10. The van der Waals surface area contributed by atoms with E-state index in [9.17, 15) is 18.8 Å². The monoisotopic (exact) mass is 354 g/mol. The number of hydrogen-bond acceptors (Lipinski definition) is 3. The normalized spacial score (nSPS) is 17.2. The Morgan fingerprint density at radius 1 is 1.04 bits per heavy atom. The van der Waals surface area contributed by atoms with Gasteiger partial charge in [-0.05, 0) is 62.2 Å². The molecule has 0 N–H and O–H groups in total. The van der Waals surface area contributed by atoms with Crippen LogP contribution in [0.3, 0.4) is 0 Å². The number of nitrogens with zero attached hydrogens (tertiary/aromatic N) is 2. The van der Waals surface area contributed by atoms with Gasteiger partial charge in [-0.15, -0.1) is 0 Å². The number of aryl methyl sites for hydroxylation is 2. The summed E-state index contributed by atoms with van der Waals surface area (Å²) < 4.78 is 13.1. The summed E-state index contributed by atoms with van der Waals surface area (Å²) in [6.45, 7) is 5.11. The minimum absolute atomic E-state index is 0.303. The fourth-order valence-corrected chi connectivity index (χ4v) is 2.96. The molecule has 1 aliphatic heterocycles. The Morgan fingerprint density at radius 2 is 1.69 bits per heavy atom. The van der Waals surface area contributed by atoms with E-state index in [2.05, 4.69) is 0 Å². The number of rotatable bonds is 4. The third-order valence-electron chi connectivity index (χ3n) is 4.68. The summed E-state index contributed by atoms with van der Waals surface area (Å²) in [4.78, 5) is 39.9. The van der Waals surface area contributed by atoms with Crippen molar-refractivity contribution >= 4 is 23.4 Å². The Bertz CT molecular complexity index is 892. The first-order chi connectivity index (χ1) is 12.3. The van der Waals surface area contributed by atoms with Crippen LogP contribution in [-0.4, -0.2) is 35.2 Å². The van der Waals surface area contributed by atoms with Crippen LogP contribution in [0.2, 0.25) is 0 Å². The summed E-state index contributed by atoms with van der Waals surface area (Å²) in [5, 5.41) is 0. The van der Waals surface area contributed by atoms with Crippen molar-refractivity contribution in [3.63, 3.8) is 0 Å². The largest absolute Gasteiger partial charge is 0.332 e. The van der Waals surface area contributed by atoms with E-state index in [4.69, 9.17) is 0 Å². The van der Waals surface area contributed by atoms with Crippen molar-refractivity contribution in [2.75, 3.05) is 11.4 Å². The maximum Gasteiger partial charge on any atom is 0.332 e. The van der Waals surface area contributed by atoms with Gasteiger partial charge in [-0.2, -0.15) is 0 Å². The zero-order chi connectivity index (χ0) is 19.0. The highest BCUT2D eigenvalue weighted by atomic mass is 19.1. The molecule has 2 aromatic rings. The number of imide groups is 1. The smallest absolute Gasteiger partial charge is 0.292 e. The van der Waals surface area contributed by atoms with Crippen LogP contribution >= 0.6 is 0 Å². The fourth-order valence-electron chi connectivity index (χ4n) is 2.96. The van der Waals surface area contributed by atoms with Gasteiger partial charge in [-0.3, -0.25) is 19.4 Å². The van der Waals surface area contributed by atoms with Crippen molar-refractivity contribution in [1.29, 1.82) is 0 Å². The standard InChI is InChI=1S/C20H19FN2O3/c1-12-4-5-15(10-13(12)2)18(24)11-22-19(25)14(3)23(20(22)26)17-8-6-16(21)7-9-17/h4-10,14H,11H2,1-3H3/t14-/m1/s1. The van der Waals surface area contributed by atoms with E-state index in [1.807, 2.05) is 19.9 Å². The lowest BCUT2D eigenvalue weighted by molar-refractivity contribution is -0.126. The van der Waals surface area contributed by atoms with Gasteiger partial charge < -0.3 is 0 Å². The molecule has 2 aromatic carbocycles. The number of amides is 3. The average Bonchev–Trinajstić information content (AvgIpc) is 2.82. The highest BCUT2D eigenvalue weighted by molar-refractivity contribution is 6.16. The van der Waals surface area contributed by atoms with E-state index in [1.54, 1.807) is 19.1 Å². The molecule has 3 amide bonds. The van der Waals surface area contributed by atoms with Crippen LogP contribution in [0.25, 0.3) is 0 Å². The summed E-state index contributed by atoms with van der Waals surface area (Å²) in [5.74, 6) is -1.18. The summed E-state index contributed by atoms with van der Waals surface area (Å²) in [6.07, 6.45) is 0. The molecule has 0 saturated carbocycles. The molecule has 1 aliphatic rings. The molecule has 0 aromatic heterocycles. The molecule has 1 atom stereocenters. The van der Waals surface area contributed by atoms with Crippen LogP contribution in [0.5, 0.6) is 0 Å². The molecule has 1 fully saturated rings. The van der Waals surface area contributed by atoms with Crippen LogP contribution in [0.15, 0.2) is 42.5 Å². The molecule has 0 bridgehead atoms. The highest BCUT2D eigenvalue weighted by Crippen LogP contribution is 2.26. The Kier molecular flexibility index (Phi) is 4.59. The van der Waals surface area contributed by atoms with Gasteiger partial charge in [0.05, 0.1) is 6.54 Å². The molecule has 0 aliphatic carbocycles. The molecule has 0 spiro atoms. The number of carbonyl (C=O) groups excluding carboxylic acids is 3. The second-order valence-corrected chi connectivity index (χ2v) is 6.45. The Balaban J connectivity index is 1.83. The number of benzene rings is 2. The van der Waals surface area contributed by atoms with E-state index in [0.29, 0.717) is 11.3 Å². The van der Waals surface area contributed by atoms with Crippen molar-refractivity contribution in [3.05, 3.63) is 65.0 Å². The van der Waals surface area contributed by atoms with Crippen LogP contribution in [-0.2, 0) is 4.79 Å². The van der Waals surface area contributed by atoms with Crippen molar-refractivity contribution in [2.45, 2.75) is 26.8 Å². The summed E-state index contributed by atoms with van der Waals surface area (Å²) in [7, 11) is 0. The quantitative estimate of drug-likeness (QED) is 0.624. The maximum atomic E-state index is 13.1. The van der Waals surface area contributed by atoms with Gasteiger partial charge in [0.25, 0.3) is 5.91 Å². The second-order valence-electron chi connectivity index (χ2n) is 6.45. The Hall–Kier alpha value is -3.02. The van der Waals surface area contributed by atoms with Crippen molar-refractivity contribution in [1.82, 2.24) is 4.90 Å². The topological polar surface area (TPSA) is 57.7 Å². The van der Waals surface area contributed by atoms with E-state index in [0.717, 1.165) is 16.0 Å². The third-order valence-corrected chi connectivity index (χ3v) is 4.68. The van der Waals surface area contributed by atoms with E-state index < -0.39 is 23.8 Å². The van der Waals surface area contributed by atoms with Gasteiger partial charge in [0.2, 0.25) is 0 Å². The molecule has 6 heteroatoms. The SMILES string of the molecule is Cc1ccc(C(=O)CN2C(=O)[C@@H](C)N(c3ccc(F)cc3)C2=O)cc1C. The number of Topliss-reactive ketones (excluding diaryl/α,β-unsaturated/α-hetero) is 1. The van der Waals surface area contributed by atoms with Crippen LogP contribution in [0.1, 0.15) is 28.4 Å². The molecule has 3 rings (SSSR count). The molecule has 26 heavy (non-hydrogen) atoms. The van der Waals surface area contributed by atoms with E-state index >= 15 is 0 Å². The number of urea groups is 1. The van der Waals surface area contributed by atoms with Crippen molar-refractivity contribution < 1.29 is 18.8 Å². The molecule has 0 radical (unpaired) electrons. The van der Waals surface area contributed by atoms with Gasteiger partial charge in [0, 0.05) is 11.3 Å². The average molecular weight is 354 g/mol. The zero-order valence-electron chi connectivity index (χ0n) is 14.8. The van der Waals surface area contributed by atoms with Gasteiger partial charge in [-0.1, -0.05) is 12.1 Å². The first-order valence-corrected chi connectivity index (χ1v) is 8.30. The predicted octanol–water partition coefficient (Wildman–Crippen LogP) is 3.48. The van der Waals surface area contributed by atoms with Crippen LogP contribution < -0.4 is 4.90 Å². The summed E-state index contributed by atoms with van der Waals surface area (Å²) >= 11 is 0. The number of hydrogen-bond donors (Lipinski definition) is 0. The lowest BCUT2D eigenvalue weighted by Crippen LogP contribution is -2.37. The Morgan fingerprint density at radius 3 is 2.31 bits per heavy atom. The number of halogens is 1. The second kappa shape index (κ2) is 6.71. The first kappa shape index (κ1) is 17.8. The number of ketones is 1.